The van der Waals surface area contributed by atoms with Crippen LogP contribution in [0.3, 0.4) is 0 Å². The minimum atomic E-state index is -0.264. The highest BCUT2D eigenvalue weighted by atomic mass is 16.1. The lowest BCUT2D eigenvalue weighted by molar-refractivity contribution is 0.351. The lowest BCUT2D eigenvalue weighted by Gasteiger charge is -2.22. The van der Waals surface area contributed by atoms with E-state index in [4.69, 9.17) is 0 Å². The third kappa shape index (κ3) is 4.74. The number of benzene rings is 1. The number of imidazole rings is 1. The highest BCUT2D eigenvalue weighted by Gasteiger charge is 2.22. The first-order valence-electron chi connectivity index (χ1n) is 12.5. The van der Waals surface area contributed by atoms with Crippen LogP contribution in [0.4, 0.5) is 0 Å². The van der Waals surface area contributed by atoms with Crippen molar-refractivity contribution < 1.29 is 0 Å². The number of H-pyrrole nitrogens is 1. The van der Waals surface area contributed by atoms with Gasteiger partial charge in [-0.1, -0.05) is 37.6 Å². The lowest BCUT2D eigenvalue weighted by atomic mass is 9.96. The summed E-state index contributed by atoms with van der Waals surface area (Å²) in [7, 11) is 0. The molecular weight excluding hydrogens is 466 g/mol. The van der Waals surface area contributed by atoms with Gasteiger partial charge < -0.3 is 0 Å². The minimum Gasteiger partial charge on any atom is -0.291 e. The first kappa shape index (κ1) is 24.4. The van der Waals surface area contributed by atoms with E-state index in [2.05, 4.69) is 58.4 Å². The number of unbranched alkanes of at least 4 members (excludes halogenated alkanes) is 1. The van der Waals surface area contributed by atoms with Crippen LogP contribution in [0.5, 0.6) is 0 Å². The summed E-state index contributed by atoms with van der Waals surface area (Å²) in [6.45, 7) is 8.77. The van der Waals surface area contributed by atoms with Gasteiger partial charge in [0, 0.05) is 35.9 Å². The minimum absolute atomic E-state index is 0.0976. The summed E-state index contributed by atoms with van der Waals surface area (Å²) >= 11 is 0. The van der Waals surface area contributed by atoms with Crippen molar-refractivity contribution in [1.82, 2.24) is 44.5 Å². The third-order valence-electron chi connectivity index (χ3n) is 6.40. The SMILES string of the molecule is CCCCc1cn(-c2ccnn2C(C)(C)C)c(=O)n1Cc1cnccc1-c1ccccc1-c1nnn[nH]1. The number of pyridine rings is 1. The lowest BCUT2D eigenvalue weighted by Crippen LogP contribution is -2.30. The van der Waals surface area contributed by atoms with E-state index in [1.165, 1.54) is 0 Å². The van der Waals surface area contributed by atoms with Crippen molar-refractivity contribution in [3.63, 3.8) is 0 Å². The quantitative estimate of drug-likeness (QED) is 0.343. The van der Waals surface area contributed by atoms with E-state index in [0.29, 0.717) is 12.4 Å². The molecule has 10 nitrogen and oxygen atoms in total. The molecule has 0 aliphatic carbocycles. The largest absolute Gasteiger partial charge is 0.334 e. The molecule has 5 aromatic rings. The monoisotopic (exact) mass is 497 g/mol. The van der Waals surface area contributed by atoms with Gasteiger partial charge in [-0.3, -0.25) is 14.1 Å². The Morgan fingerprint density at radius 1 is 1.00 bits per heavy atom. The summed E-state index contributed by atoms with van der Waals surface area (Å²) in [5.41, 5.74) is 4.37. The van der Waals surface area contributed by atoms with Crippen molar-refractivity contribution in [2.24, 2.45) is 0 Å². The molecule has 0 spiro atoms. The second-order valence-electron chi connectivity index (χ2n) is 10.1. The molecule has 0 aliphatic heterocycles. The predicted octanol–water partition coefficient (Wildman–Crippen LogP) is 4.22. The van der Waals surface area contributed by atoms with Gasteiger partial charge in [0.25, 0.3) is 0 Å². The van der Waals surface area contributed by atoms with Crippen molar-refractivity contribution in [2.75, 3.05) is 0 Å². The summed E-state index contributed by atoms with van der Waals surface area (Å²) in [4.78, 5) is 18.3. The van der Waals surface area contributed by atoms with Crippen LogP contribution in [-0.2, 0) is 18.5 Å². The molecule has 0 fully saturated rings. The van der Waals surface area contributed by atoms with Gasteiger partial charge in [-0.25, -0.2) is 14.6 Å². The summed E-state index contributed by atoms with van der Waals surface area (Å²) in [6.07, 6.45) is 10.1. The van der Waals surface area contributed by atoms with E-state index in [1.54, 1.807) is 17.0 Å². The first-order valence-corrected chi connectivity index (χ1v) is 12.5. The van der Waals surface area contributed by atoms with Crippen molar-refractivity contribution in [2.45, 2.75) is 59.0 Å². The van der Waals surface area contributed by atoms with Crippen molar-refractivity contribution in [3.05, 3.63) is 82.9 Å². The summed E-state index contributed by atoms with van der Waals surface area (Å²) in [5, 5.41) is 18.9. The van der Waals surface area contributed by atoms with Gasteiger partial charge in [0.15, 0.2) is 5.82 Å². The first-order chi connectivity index (χ1) is 17.9. The highest BCUT2D eigenvalue weighted by molar-refractivity contribution is 5.81. The Bertz CT molecular complexity index is 1550. The van der Waals surface area contributed by atoms with E-state index in [9.17, 15) is 4.79 Å². The van der Waals surface area contributed by atoms with Gasteiger partial charge in [-0.2, -0.15) is 5.10 Å². The Kier molecular flexibility index (Phi) is 6.56. The second kappa shape index (κ2) is 9.96. The maximum Gasteiger partial charge on any atom is 0.334 e. The van der Waals surface area contributed by atoms with Gasteiger partial charge in [0.05, 0.1) is 18.3 Å². The van der Waals surface area contributed by atoms with Crippen LogP contribution in [0, 0.1) is 0 Å². The average Bonchev–Trinajstić information content (AvgIpc) is 3.65. The summed E-state index contributed by atoms with van der Waals surface area (Å²) in [5.74, 6) is 1.34. The Labute approximate surface area is 215 Å². The number of tetrazole rings is 1. The average molecular weight is 498 g/mol. The van der Waals surface area contributed by atoms with Gasteiger partial charge >= 0.3 is 5.69 Å². The zero-order valence-electron chi connectivity index (χ0n) is 21.6. The van der Waals surface area contributed by atoms with Gasteiger partial charge in [0.2, 0.25) is 0 Å². The smallest absolute Gasteiger partial charge is 0.291 e. The molecule has 10 heteroatoms. The maximum absolute atomic E-state index is 13.9. The molecule has 4 heterocycles. The molecule has 1 N–H and O–H groups in total. The van der Waals surface area contributed by atoms with Gasteiger partial charge in [0.1, 0.15) is 5.82 Å². The summed E-state index contributed by atoms with van der Waals surface area (Å²) in [6, 6.07) is 11.8. The molecule has 4 aromatic heterocycles. The topological polar surface area (TPSA) is 112 Å². The van der Waals surface area contributed by atoms with Crippen molar-refractivity contribution in [3.8, 4) is 28.3 Å². The van der Waals surface area contributed by atoms with Crippen LogP contribution in [0.1, 0.15) is 51.8 Å². The fourth-order valence-corrected chi connectivity index (χ4v) is 4.60. The molecule has 0 saturated carbocycles. The number of hydrogen-bond acceptors (Lipinski definition) is 6. The number of nitrogens with one attached hydrogen (secondary N) is 1. The van der Waals surface area contributed by atoms with Crippen LogP contribution < -0.4 is 5.69 Å². The van der Waals surface area contributed by atoms with Crippen LogP contribution in [-0.4, -0.2) is 44.5 Å². The maximum atomic E-state index is 13.9. The molecule has 0 saturated heterocycles. The number of aromatic amines is 1. The third-order valence-corrected chi connectivity index (χ3v) is 6.40. The molecule has 0 aliphatic rings. The molecular formula is C27H31N9O. The van der Waals surface area contributed by atoms with E-state index in [0.717, 1.165) is 53.0 Å². The molecule has 0 amide bonds. The standard InChI is InChI=1S/C27H31N9O/c1-5-6-9-20-18-35(24-13-15-29-36(24)27(2,3)4)26(37)34(20)17-19-16-28-14-12-21(19)22-10-7-8-11-23(22)25-30-32-33-31-25/h7-8,10-16,18H,5-6,9,17H2,1-4H3,(H,30,31,32,33). The molecule has 37 heavy (non-hydrogen) atoms. The number of nitrogens with zero attached hydrogens (tertiary/aromatic N) is 8. The number of hydrogen-bond donors (Lipinski definition) is 1. The number of rotatable bonds is 8. The normalized spacial score (nSPS) is 11.8. The molecule has 0 radical (unpaired) electrons. The van der Waals surface area contributed by atoms with Crippen LogP contribution in [0.15, 0.2) is 66.0 Å². The van der Waals surface area contributed by atoms with E-state index < -0.39 is 0 Å². The van der Waals surface area contributed by atoms with Crippen molar-refractivity contribution >= 4 is 0 Å². The van der Waals surface area contributed by atoms with E-state index >= 15 is 0 Å². The second-order valence-corrected chi connectivity index (χ2v) is 10.1. The number of aromatic nitrogens is 9. The fourth-order valence-electron chi connectivity index (χ4n) is 4.60. The van der Waals surface area contributed by atoms with Crippen LogP contribution in [0.25, 0.3) is 28.3 Å². The molecule has 0 atom stereocenters. The zero-order valence-corrected chi connectivity index (χ0v) is 21.6. The number of aryl methyl sites for hydroxylation is 1. The van der Waals surface area contributed by atoms with E-state index in [1.807, 2.05) is 58.0 Å². The zero-order chi connectivity index (χ0) is 26.0. The van der Waals surface area contributed by atoms with Crippen LogP contribution >= 0.6 is 0 Å². The molecule has 1 aromatic carbocycles. The van der Waals surface area contributed by atoms with Gasteiger partial charge in [-0.05, 0) is 66.8 Å². The predicted molar refractivity (Wildman–Crippen MR) is 141 cm³/mol. The summed E-state index contributed by atoms with van der Waals surface area (Å²) < 4.78 is 5.46. The van der Waals surface area contributed by atoms with E-state index in [-0.39, 0.29) is 11.2 Å². The van der Waals surface area contributed by atoms with Crippen molar-refractivity contribution in [1.29, 1.82) is 0 Å². The Morgan fingerprint density at radius 2 is 1.81 bits per heavy atom. The Morgan fingerprint density at radius 3 is 2.54 bits per heavy atom. The molecule has 0 unspecified atom stereocenters. The van der Waals surface area contributed by atoms with Crippen LogP contribution in [0.2, 0.25) is 0 Å². The fraction of sp³-hybridized carbons (Fsp3) is 0.333. The molecule has 5 rings (SSSR count). The highest BCUT2D eigenvalue weighted by Crippen LogP contribution is 2.32. The van der Waals surface area contributed by atoms with Gasteiger partial charge in [-0.15, -0.1) is 5.10 Å². The molecule has 0 bridgehead atoms. The Balaban J connectivity index is 1.62. The molecule has 190 valence electrons. The Hall–Kier alpha value is -4.34.